The van der Waals surface area contributed by atoms with Crippen LogP contribution in [-0.2, 0) is 9.53 Å². The third-order valence-corrected chi connectivity index (χ3v) is 4.30. The smallest absolute Gasteiger partial charge is 0.263 e. The predicted molar refractivity (Wildman–Crippen MR) is 84.7 cm³/mol. The highest BCUT2D eigenvalue weighted by molar-refractivity contribution is 9.11. The zero-order chi connectivity index (χ0) is 15.4. The van der Waals surface area contributed by atoms with Crippen LogP contribution in [0.25, 0.3) is 0 Å². The van der Waals surface area contributed by atoms with Gasteiger partial charge in [-0.1, -0.05) is 0 Å². The van der Waals surface area contributed by atoms with Crippen molar-refractivity contribution in [1.29, 1.82) is 0 Å². The molecule has 1 aliphatic rings. The molecule has 114 valence electrons. The third-order valence-electron chi connectivity index (χ3n) is 3.12. The molecule has 0 spiro atoms. The van der Waals surface area contributed by atoms with E-state index in [1.165, 1.54) is 0 Å². The molecule has 7 heteroatoms. The summed E-state index contributed by atoms with van der Waals surface area (Å²) in [5, 5.41) is 0. The van der Waals surface area contributed by atoms with E-state index in [0.717, 1.165) is 6.29 Å². The van der Waals surface area contributed by atoms with Crippen LogP contribution in [0.4, 0.5) is 0 Å². The first kappa shape index (κ1) is 16.5. The van der Waals surface area contributed by atoms with Gasteiger partial charge < -0.3 is 14.4 Å². The minimum atomic E-state index is -0.613. The van der Waals surface area contributed by atoms with Gasteiger partial charge in [0.15, 0.2) is 6.10 Å². The SMILES string of the molecule is CC(Oc1c(Br)cc(C=O)cc1Br)C(=O)N1CCOCC1. The van der Waals surface area contributed by atoms with E-state index >= 15 is 0 Å². The van der Waals surface area contributed by atoms with Crippen LogP contribution in [0.5, 0.6) is 5.75 Å². The van der Waals surface area contributed by atoms with Gasteiger partial charge in [-0.3, -0.25) is 9.59 Å². The fourth-order valence-electron chi connectivity index (χ4n) is 2.03. The van der Waals surface area contributed by atoms with Gasteiger partial charge in [-0.05, 0) is 50.9 Å². The van der Waals surface area contributed by atoms with Crippen LogP contribution in [0, 0.1) is 0 Å². The van der Waals surface area contributed by atoms with E-state index in [9.17, 15) is 9.59 Å². The summed E-state index contributed by atoms with van der Waals surface area (Å²) in [5.74, 6) is 0.436. The number of carbonyl (C=O) groups is 2. The monoisotopic (exact) mass is 419 g/mol. The lowest BCUT2D eigenvalue weighted by molar-refractivity contribution is -0.142. The summed E-state index contributed by atoms with van der Waals surface area (Å²) in [7, 11) is 0. The van der Waals surface area contributed by atoms with Gasteiger partial charge in [-0.15, -0.1) is 0 Å². The molecule has 0 aromatic heterocycles. The predicted octanol–water partition coefficient (Wildman–Crippen LogP) is 2.65. The highest BCUT2D eigenvalue weighted by atomic mass is 79.9. The van der Waals surface area contributed by atoms with Crippen LogP contribution in [0.15, 0.2) is 21.1 Å². The molecule has 21 heavy (non-hydrogen) atoms. The molecule has 2 rings (SSSR count). The second-order valence-electron chi connectivity index (χ2n) is 4.63. The number of ether oxygens (including phenoxy) is 2. The van der Waals surface area contributed by atoms with Crippen molar-refractivity contribution in [2.45, 2.75) is 13.0 Å². The van der Waals surface area contributed by atoms with Gasteiger partial charge in [0.2, 0.25) is 0 Å². The Kier molecular flexibility index (Phi) is 5.78. The van der Waals surface area contributed by atoms with Crippen molar-refractivity contribution in [2.75, 3.05) is 26.3 Å². The van der Waals surface area contributed by atoms with Crippen molar-refractivity contribution in [2.24, 2.45) is 0 Å². The second-order valence-corrected chi connectivity index (χ2v) is 6.34. The maximum atomic E-state index is 12.3. The number of nitrogens with zero attached hydrogens (tertiary/aromatic N) is 1. The van der Waals surface area contributed by atoms with Crippen LogP contribution in [0.2, 0.25) is 0 Å². The van der Waals surface area contributed by atoms with Gasteiger partial charge in [-0.25, -0.2) is 0 Å². The zero-order valence-corrected chi connectivity index (χ0v) is 14.6. The van der Waals surface area contributed by atoms with Crippen molar-refractivity contribution >= 4 is 44.1 Å². The van der Waals surface area contributed by atoms with Crippen LogP contribution in [-0.4, -0.2) is 49.5 Å². The molecule has 0 radical (unpaired) electrons. The molecule has 0 bridgehead atoms. The van der Waals surface area contributed by atoms with Gasteiger partial charge in [0.1, 0.15) is 12.0 Å². The Labute approximate surface area is 139 Å². The topological polar surface area (TPSA) is 55.8 Å². The number of hydrogen-bond acceptors (Lipinski definition) is 4. The number of aldehydes is 1. The number of hydrogen-bond donors (Lipinski definition) is 0. The number of carbonyl (C=O) groups excluding carboxylic acids is 2. The highest BCUT2D eigenvalue weighted by Crippen LogP contribution is 2.35. The van der Waals surface area contributed by atoms with Crippen molar-refractivity contribution in [3.63, 3.8) is 0 Å². The summed E-state index contributed by atoms with van der Waals surface area (Å²) in [6.07, 6.45) is 0.138. The van der Waals surface area contributed by atoms with Crippen molar-refractivity contribution in [3.05, 3.63) is 26.6 Å². The van der Waals surface area contributed by atoms with Crippen molar-refractivity contribution in [3.8, 4) is 5.75 Å². The standard InChI is InChI=1S/C14H15Br2NO4/c1-9(14(19)17-2-4-20-5-3-17)21-13-11(15)6-10(8-18)7-12(13)16/h6-9H,2-5H2,1H3. The first-order valence-corrected chi connectivity index (χ1v) is 8.09. The molecule has 1 fully saturated rings. The average molecular weight is 421 g/mol. The van der Waals surface area contributed by atoms with Crippen molar-refractivity contribution in [1.82, 2.24) is 4.90 Å². The lowest BCUT2D eigenvalue weighted by Crippen LogP contribution is -2.46. The van der Waals surface area contributed by atoms with E-state index in [1.54, 1.807) is 24.0 Å². The van der Waals surface area contributed by atoms with Crippen molar-refractivity contribution < 1.29 is 19.1 Å². The molecule has 0 N–H and O–H groups in total. The quantitative estimate of drug-likeness (QED) is 0.702. The minimum absolute atomic E-state index is 0.0726. The van der Waals surface area contributed by atoms with E-state index in [1.807, 2.05) is 0 Å². The largest absolute Gasteiger partial charge is 0.479 e. The van der Waals surface area contributed by atoms with Crippen LogP contribution in [0.3, 0.4) is 0 Å². The maximum absolute atomic E-state index is 12.3. The minimum Gasteiger partial charge on any atom is -0.479 e. The molecule has 1 aromatic carbocycles. The number of amides is 1. The average Bonchev–Trinajstić information content (AvgIpc) is 2.50. The third kappa shape index (κ3) is 4.05. The molecule has 1 amide bonds. The Hall–Kier alpha value is -0.920. The molecular weight excluding hydrogens is 406 g/mol. The summed E-state index contributed by atoms with van der Waals surface area (Å²) in [5.41, 5.74) is 0.522. The van der Waals surface area contributed by atoms with E-state index in [4.69, 9.17) is 9.47 Å². The normalized spacial score (nSPS) is 16.4. The Morgan fingerprint density at radius 2 is 1.90 bits per heavy atom. The molecule has 1 saturated heterocycles. The molecular formula is C14H15Br2NO4. The van der Waals surface area contributed by atoms with E-state index in [0.29, 0.717) is 46.6 Å². The number of benzene rings is 1. The Morgan fingerprint density at radius 3 is 2.43 bits per heavy atom. The van der Waals surface area contributed by atoms with Gasteiger partial charge in [0, 0.05) is 18.7 Å². The Bertz CT molecular complexity index is 521. The molecule has 0 aliphatic carbocycles. The van der Waals surface area contributed by atoms with Gasteiger partial charge in [0.05, 0.1) is 22.2 Å². The molecule has 0 saturated carbocycles. The molecule has 1 heterocycles. The summed E-state index contributed by atoms with van der Waals surface area (Å²) in [6.45, 7) is 3.99. The summed E-state index contributed by atoms with van der Waals surface area (Å²) < 4.78 is 12.2. The number of halogens is 2. The first-order valence-electron chi connectivity index (χ1n) is 6.50. The van der Waals surface area contributed by atoms with Gasteiger partial charge in [-0.2, -0.15) is 0 Å². The van der Waals surface area contributed by atoms with E-state index in [2.05, 4.69) is 31.9 Å². The lowest BCUT2D eigenvalue weighted by Gasteiger charge is -2.29. The van der Waals surface area contributed by atoms with E-state index in [-0.39, 0.29) is 5.91 Å². The van der Waals surface area contributed by atoms with Crippen LogP contribution >= 0.6 is 31.9 Å². The molecule has 1 aromatic rings. The summed E-state index contributed by atoms with van der Waals surface area (Å²) >= 11 is 6.71. The molecule has 1 atom stereocenters. The fourth-order valence-corrected chi connectivity index (χ4v) is 3.44. The fraction of sp³-hybridized carbons (Fsp3) is 0.429. The Balaban J connectivity index is 2.10. The van der Waals surface area contributed by atoms with Crippen LogP contribution < -0.4 is 4.74 Å². The zero-order valence-electron chi connectivity index (χ0n) is 11.5. The molecule has 5 nitrogen and oxygen atoms in total. The maximum Gasteiger partial charge on any atom is 0.263 e. The lowest BCUT2D eigenvalue weighted by atomic mass is 10.2. The Morgan fingerprint density at radius 1 is 1.33 bits per heavy atom. The van der Waals surface area contributed by atoms with E-state index < -0.39 is 6.10 Å². The summed E-state index contributed by atoms with van der Waals surface area (Å²) in [4.78, 5) is 24.8. The summed E-state index contributed by atoms with van der Waals surface area (Å²) in [6, 6.07) is 3.30. The first-order chi connectivity index (χ1) is 10.0. The molecule has 1 unspecified atom stereocenters. The van der Waals surface area contributed by atoms with Gasteiger partial charge >= 0.3 is 0 Å². The molecule has 1 aliphatic heterocycles. The van der Waals surface area contributed by atoms with Gasteiger partial charge in [0.25, 0.3) is 5.91 Å². The van der Waals surface area contributed by atoms with Crippen LogP contribution in [0.1, 0.15) is 17.3 Å². The highest BCUT2D eigenvalue weighted by Gasteiger charge is 2.25. The number of rotatable bonds is 4. The second kappa shape index (κ2) is 7.38. The number of morpholine rings is 1.